The summed E-state index contributed by atoms with van der Waals surface area (Å²) in [5, 5.41) is 34.0. The number of carbonyl (C=O) groups excluding carboxylic acids is 1. The van der Waals surface area contributed by atoms with Crippen molar-refractivity contribution in [1.29, 1.82) is 0 Å². The van der Waals surface area contributed by atoms with Crippen LogP contribution < -0.4 is 5.32 Å². The molecule has 1 aliphatic carbocycles. The first-order valence-electron chi connectivity index (χ1n) is 7.78. The number of carboxylic acid groups (broad SMARTS) is 1. The van der Waals surface area contributed by atoms with Gasteiger partial charge in [-0.2, -0.15) is 0 Å². The van der Waals surface area contributed by atoms with Crippen molar-refractivity contribution in [2.24, 2.45) is 11.3 Å². The first kappa shape index (κ1) is 17.0. The Morgan fingerprint density at radius 3 is 2.55 bits per heavy atom. The van der Waals surface area contributed by atoms with Gasteiger partial charge in [-0.05, 0) is 39.5 Å². The van der Waals surface area contributed by atoms with Gasteiger partial charge >= 0.3 is 5.97 Å². The zero-order valence-corrected chi connectivity index (χ0v) is 13.3. The van der Waals surface area contributed by atoms with E-state index in [1.54, 1.807) is 13.0 Å². The molecule has 0 spiro atoms. The van der Waals surface area contributed by atoms with Crippen LogP contribution in [-0.2, 0) is 9.59 Å². The Morgan fingerprint density at radius 2 is 2.14 bits per heavy atom. The fraction of sp³-hybridized carbons (Fsp3) is 0.750. The van der Waals surface area contributed by atoms with Crippen molar-refractivity contribution in [2.75, 3.05) is 0 Å². The van der Waals surface area contributed by atoms with Gasteiger partial charge in [-0.25, -0.2) is 4.79 Å². The molecular formula is C16H25NO5. The zero-order valence-electron chi connectivity index (χ0n) is 13.3. The lowest BCUT2D eigenvalue weighted by atomic mass is 9.62. The Balaban J connectivity index is 2.54. The van der Waals surface area contributed by atoms with Crippen LogP contribution in [0.15, 0.2) is 12.2 Å². The average Bonchev–Trinajstić information content (AvgIpc) is 2.66. The molecule has 4 N–H and O–H groups in total. The number of rotatable bonds is 4. The van der Waals surface area contributed by atoms with E-state index in [1.807, 2.05) is 6.08 Å². The van der Waals surface area contributed by atoms with Gasteiger partial charge in [-0.15, -0.1) is 0 Å². The molecule has 22 heavy (non-hydrogen) atoms. The second kappa shape index (κ2) is 5.35. The number of aliphatic carboxylic acids is 1. The summed E-state index contributed by atoms with van der Waals surface area (Å²) in [4.78, 5) is 24.4. The molecular weight excluding hydrogens is 286 g/mol. The number of aliphatic hydroxyl groups excluding tert-OH is 1. The van der Waals surface area contributed by atoms with Crippen LogP contribution >= 0.6 is 0 Å². The first-order valence-corrected chi connectivity index (χ1v) is 7.78. The van der Waals surface area contributed by atoms with Crippen molar-refractivity contribution in [2.45, 2.75) is 63.7 Å². The number of carboxylic acids is 1. The van der Waals surface area contributed by atoms with E-state index in [-0.39, 0.29) is 6.42 Å². The van der Waals surface area contributed by atoms with Gasteiger partial charge in [-0.1, -0.05) is 19.1 Å². The first-order chi connectivity index (χ1) is 10.1. The maximum absolute atomic E-state index is 12.4. The minimum atomic E-state index is -2.11. The van der Waals surface area contributed by atoms with E-state index in [0.29, 0.717) is 6.42 Å². The second-order valence-corrected chi connectivity index (χ2v) is 6.79. The minimum absolute atomic E-state index is 0.272. The molecule has 6 nitrogen and oxygen atoms in total. The predicted octanol–water partition coefficient (Wildman–Crippen LogP) is 0.824. The summed E-state index contributed by atoms with van der Waals surface area (Å²) in [6.07, 6.45) is 4.91. The number of nitrogens with one attached hydrogen (secondary N) is 1. The predicted molar refractivity (Wildman–Crippen MR) is 80.0 cm³/mol. The normalized spacial score (nSPS) is 43.0. The van der Waals surface area contributed by atoms with Crippen LogP contribution in [0.5, 0.6) is 0 Å². The quantitative estimate of drug-likeness (QED) is 0.575. The van der Waals surface area contributed by atoms with Gasteiger partial charge in [0.1, 0.15) is 5.60 Å². The fourth-order valence-corrected chi connectivity index (χ4v) is 3.77. The van der Waals surface area contributed by atoms with Crippen LogP contribution in [0.25, 0.3) is 0 Å². The average molecular weight is 311 g/mol. The second-order valence-electron chi connectivity index (χ2n) is 6.79. The van der Waals surface area contributed by atoms with Crippen LogP contribution in [-0.4, -0.2) is 44.4 Å². The SMILES string of the molecule is CC[C@@]1(C)C(=O)N[C@](C(=O)O)([C@@H](O)[C@@H]2C=CCCC2)[C@@]1(C)O. The number of aliphatic hydroxyl groups is 2. The Morgan fingerprint density at radius 1 is 1.50 bits per heavy atom. The molecule has 0 unspecified atom stereocenters. The standard InChI is InChI=1S/C16H25NO5/c1-4-14(2)12(19)17-16(13(20)21,15(14,3)22)11(18)10-8-6-5-7-9-10/h6,8,10-11,18,22H,4-5,7,9H2,1-3H3,(H,17,19)(H,20,21)/t10-,11+,14+,15+,16+/m1/s1. The summed E-state index contributed by atoms with van der Waals surface area (Å²) in [5.74, 6) is -2.36. The molecule has 2 aliphatic rings. The molecule has 0 aromatic carbocycles. The van der Waals surface area contributed by atoms with E-state index in [2.05, 4.69) is 5.32 Å². The van der Waals surface area contributed by atoms with Gasteiger partial charge in [0.2, 0.25) is 5.91 Å². The van der Waals surface area contributed by atoms with E-state index in [0.717, 1.165) is 12.8 Å². The van der Waals surface area contributed by atoms with Crippen LogP contribution in [0.1, 0.15) is 46.5 Å². The summed E-state index contributed by atoms with van der Waals surface area (Å²) in [5.41, 5.74) is -5.30. The lowest BCUT2D eigenvalue weighted by molar-refractivity contribution is -0.177. The smallest absolute Gasteiger partial charge is 0.335 e. The van der Waals surface area contributed by atoms with Crippen molar-refractivity contribution in [3.63, 3.8) is 0 Å². The summed E-state index contributed by atoms with van der Waals surface area (Å²) in [6.45, 7) is 4.59. The lowest BCUT2D eigenvalue weighted by Gasteiger charge is -2.45. The number of carbonyl (C=O) groups is 2. The van der Waals surface area contributed by atoms with E-state index in [1.165, 1.54) is 13.8 Å². The molecule has 0 radical (unpaired) electrons. The highest BCUT2D eigenvalue weighted by Gasteiger charge is 2.73. The third-order valence-corrected chi connectivity index (χ3v) is 5.84. The van der Waals surface area contributed by atoms with Gasteiger partial charge in [0, 0.05) is 5.92 Å². The Hall–Kier alpha value is -1.40. The van der Waals surface area contributed by atoms with Crippen LogP contribution in [0, 0.1) is 11.3 Å². The Kier molecular flexibility index (Phi) is 4.13. The highest BCUT2D eigenvalue weighted by Crippen LogP contribution is 2.50. The van der Waals surface area contributed by atoms with E-state index in [4.69, 9.17) is 0 Å². The van der Waals surface area contributed by atoms with Gasteiger partial charge in [0.15, 0.2) is 5.54 Å². The van der Waals surface area contributed by atoms with E-state index < -0.39 is 40.5 Å². The molecule has 5 atom stereocenters. The number of amides is 1. The van der Waals surface area contributed by atoms with Crippen molar-refractivity contribution >= 4 is 11.9 Å². The summed E-state index contributed by atoms with van der Waals surface area (Å²) in [7, 11) is 0. The molecule has 1 amide bonds. The van der Waals surface area contributed by atoms with Gasteiger partial charge in [-0.3, -0.25) is 4.79 Å². The molecule has 2 rings (SSSR count). The third-order valence-electron chi connectivity index (χ3n) is 5.84. The topological polar surface area (TPSA) is 107 Å². The van der Waals surface area contributed by atoms with E-state index >= 15 is 0 Å². The third kappa shape index (κ3) is 1.93. The summed E-state index contributed by atoms with van der Waals surface area (Å²) >= 11 is 0. The molecule has 0 aromatic rings. The molecule has 1 heterocycles. The van der Waals surface area contributed by atoms with Gasteiger partial charge in [0.05, 0.1) is 11.5 Å². The lowest BCUT2D eigenvalue weighted by Crippen LogP contribution is -2.71. The number of hydrogen-bond donors (Lipinski definition) is 4. The van der Waals surface area contributed by atoms with Crippen LogP contribution in [0.3, 0.4) is 0 Å². The Labute approximate surface area is 130 Å². The Bertz CT molecular complexity index is 515. The van der Waals surface area contributed by atoms with Crippen molar-refractivity contribution < 1.29 is 24.9 Å². The monoisotopic (exact) mass is 311 g/mol. The van der Waals surface area contributed by atoms with Crippen LogP contribution in [0.2, 0.25) is 0 Å². The number of hydrogen-bond acceptors (Lipinski definition) is 4. The number of allylic oxidation sites excluding steroid dienone is 1. The van der Waals surface area contributed by atoms with E-state index in [9.17, 15) is 24.9 Å². The zero-order chi connectivity index (χ0) is 16.8. The maximum atomic E-state index is 12.4. The summed E-state index contributed by atoms with van der Waals surface area (Å²) < 4.78 is 0. The molecule has 1 fully saturated rings. The molecule has 0 bridgehead atoms. The maximum Gasteiger partial charge on any atom is 0.335 e. The largest absolute Gasteiger partial charge is 0.479 e. The fourth-order valence-electron chi connectivity index (χ4n) is 3.77. The molecule has 1 aliphatic heterocycles. The molecule has 1 saturated heterocycles. The van der Waals surface area contributed by atoms with Crippen LogP contribution in [0.4, 0.5) is 0 Å². The van der Waals surface area contributed by atoms with Gasteiger partial charge in [0.25, 0.3) is 0 Å². The van der Waals surface area contributed by atoms with Crippen molar-refractivity contribution in [3.8, 4) is 0 Å². The molecule has 0 saturated carbocycles. The van der Waals surface area contributed by atoms with Crippen molar-refractivity contribution in [1.82, 2.24) is 5.32 Å². The molecule has 124 valence electrons. The molecule has 0 aromatic heterocycles. The summed E-state index contributed by atoms with van der Waals surface area (Å²) in [6, 6.07) is 0. The molecule has 6 heteroatoms. The highest BCUT2D eigenvalue weighted by molar-refractivity contribution is 5.98. The van der Waals surface area contributed by atoms with Crippen molar-refractivity contribution in [3.05, 3.63) is 12.2 Å². The minimum Gasteiger partial charge on any atom is -0.479 e. The highest BCUT2D eigenvalue weighted by atomic mass is 16.4. The van der Waals surface area contributed by atoms with Gasteiger partial charge < -0.3 is 20.6 Å².